The minimum Gasteiger partial charge on any atom is -0.457 e. The predicted molar refractivity (Wildman–Crippen MR) is 72.5 cm³/mol. The number of benzene rings is 2. The van der Waals surface area contributed by atoms with E-state index in [4.69, 9.17) is 10.00 Å². The fraction of sp³-hybridized carbons (Fsp3) is 0.125. The zero-order chi connectivity index (χ0) is 13.8. The SMILES string of the molecule is Cc1cc(C#N)cc(C)c1Oc1ccc(C=O)cc1. The molecule has 0 atom stereocenters. The Morgan fingerprint density at radius 1 is 1.11 bits per heavy atom. The van der Waals surface area contributed by atoms with Gasteiger partial charge < -0.3 is 4.74 Å². The molecule has 0 aromatic heterocycles. The molecule has 2 rings (SSSR count). The van der Waals surface area contributed by atoms with Gasteiger partial charge in [-0.1, -0.05) is 0 Å². The highest BCUT2D eigenvalue weighted by molar-refractivity contribution is 5.74. The van der Waals surface area contributed by atoms with E-state index in [1.807, 2.05) is 13.8 Å². The predicted octanol–water partition coefficient (Wildman–Crippen LogP) is 3.78. The third-order valence-corrected chi connectivity index (χ3v) is 2.83. The number of nitrogens with zero attached hydrogens (tertiary/aromatic N) is 1. The van der Waals surface area contributed by atoms with E-state index in [0.717, 1.165) is 23.2 Å². The van der Waals surface area contributed by atoms with Gasteiger partial charge in [0.25, 0.3) is 0 Å². The van der Waals surface area contributed by atoms with Gasteiger partial charge in [0.1, 0.15) is 17.8 Å². The van der Waals surface area contributed by atoms with Gasteiger partial charge >= 0.3 is 0 Å². The first-order valence-corrected chi connectivity index (χ1v) is 5.88. The Morgan fingerprint density at radius 2 is 1.68 bits per heavy atom. The molecule has 94 valence electrons. The molecule has 0 saturated carbocycles. The average Bonchev–Trinajstić information content (AvgIpc) is 2.43. The van der Waals surface area contributed by atoms with Crippen LogP contribution >= 0.6 is 0 Å². The normalized spacial score (nSPS) is 9.74. The molecule has 0 aliphatic rings. The smallest absolute Gasteiger partial charge is 0.150 e. The van der Waals surface area contributed by atoms with Crippen LogP contribution in [0, 0.1) is 25.2 Å². The molecule has 19 heavy (non-hydrogen) atoms. The maximum absolute atomic E-state index is 10.6. The number of rotatable bonds is 3. The van der Waals surface area contributed by atoms with Crippen LogP contribution in [0.2, 0.25) is 0 Å². The van der Waals surface area contributed by atoms with Crippen LogP contribution in [0.5, 0.6) is 11.5 Å². The largest absolute Gasteiger partial charge is 0.457 e. The van der Waals surface area contributed by atoms with Crippen LogP contribution in [0.4, 0.5) is 0 Å². The minimum atomic E-state index is 0.612. The second-order valence-corrected chi connectivity index (χ2v) is 4.34. The molecule has 2 aromatic carbocycles. The molecule has 0 aliphatic heterocycles. The number of nitriles is 1. The van der Waals surface area contributed by atoms with E-state index in [2.05, 4.69) is 6.07 Å². The van der Waals surface area contributed by atoms with E-state index in [0.29, 0.717) is 16.9 Å². The van der Waals surface area contributed by atoms with E-state index in [1.165, 1.54) is 0 Å². The van der Waals surface area contributed by atoms with Crippen molar-refractivity contribution in [2.24, 2.45) is 0 Å². The average molecular weight is 251 g/mol. The standard InChI is InChI=1S/C16H13NO2/c1-11-7-14(9-17)8-12(2)16(11)19-15-5-3-13(10-18)4-6-15/h3-8,10H,1-2H3. The van der Waals surface area contributed by atoms with Crippen LogP contribution in [0.1, 0.15) is 27.0 Å². The number of aryl methyl sites for hydroxylation is 2. The van der Waals surface area contributed by atoms with Gasteiger partial charge in [-0.15, -0.1) is 0 Å². The van der Waals surface area contributed by atoms with E-state index in [-0.39, 0.29) is 0 Å². The lowest BCUT2D eigenvalue weighted by Gasteiger charge is -2.12. The third kappa shape index (κ3) is 2.80. The summed E-state index contributed by atoms with van der Waals surface area (Å²) in [6, 6.07) is 12.6. The maximum atomic E-state index is 10.6. The van der Waals surface area contributed by atoms with Crippen molar-refractivity contribution in [3.8, 4) is 17.6 Å². The number of carbonyl (C=O) groups excluding carboxylic acids is 1. The Hall–Kier alpha value is -2.60. The summed E-state index contributed by atoms with van der Waals surface area (Å²) in [5.41, 5.74) is 3.06. The van der Waals surface area contributed by atoms with Gasteiger partial charge in [0.2, 0.25) is 0 Å². The second-order valence-electron chi connectivity index (χ2n) is 4.34. The van der Waals surface area contributed by atoms with Gasteiger partial charge in [-0.2, -0.15) is 5.26 Å². The topological polar surface area (TPSA) is 50.1 Å². The van der Waals surface area contributed by atoms with Crippen LogP contribution in [0.15, 0.2) is 36.4 Å². The highest BCUT2D eigenvalue weighted by Gasteiger charge is 2.07. The van der Waals surface area contributed by atoms with Crippen molar-refractivity contribution >= 4 is 6.29 Å². The highest BCUT2D eigenvalue weighted by Crippen LogP contribution is 2.29. The summed E-state index contributed by atoms with van der Waals surface area (Å²) in [6.07, 6.45) is 0.794. The van der Waals surface area contributed by atoms with Gasteiger partial charge in [-0.25, -0.2) is 0 Å². The molecule has 0 spiro atoms. The molecule has 3 heteroatoms. The summed E-state index contributed by atoms with van der Waals surface area (Å²) in [5, 5.41) is 8.90. The van der Waals surface area contributed by atoms with Crippen LogP contribution < -0.4 is 4.74 Å². The van der Waals surface area contributed by atoms with Crippen LogP contribution in [-0.4, -0.2) is 6.29 Å². The molecule has 3 nitrogen and oxygen atoms in total. The molecule has 0 unspecified atom stereocenters. The molecule has 0 amide bonds. The van der Waals surface area contributed by atoms with E-state index in [1.54, 1.807) is 36.4 Å². The van der Waals surface area contributed by atoms with Gasteiger partial charge in [0.05, 0.1) is 11.6 Å². The molecule has 2 aromatic rings. The second kappa shape index (κ2) is 5.36. The number of hydrogen-bond donors (Lipinski definition) is 0. The first-order chi connectivity index (χ1) is 9.13. The molecular formula is C16H13NO2. The van der Waals surface area contributed by atoms with Crippen molar-refractivity contribution in [2.45, 2.75) is 13.8 Å². The quantitative estimate of drug-likeness (QED) is 0.780. The third-order valence-electron chi connectivity index (χ3n) is 2.83. The Morgan fingerprint density at radius 3 is 2.16 bits per heavy atom. The van der Waals surface area contributed by atoms with Gasteiger partial charge in [0.15, 0.2) is 0 Å². The molecular weight excluding hydrogens is 238 g/mol. The van der Waals surface area contributed by atoms with Crippen LogP contribution in [-0.2, 0) is 0 Å². The number of carbonyl (C=O) groups is 1. The Bertz CT molecular complexity index is 628. The van der Waals surface area contributed by atoms with Crippen molar-refractivity contribution in [3.63, 3.8) is 0 Å². The van der Waals surface area contributed by atoms with Gasteiger partial charge in [-0.05, 0) is 61.4 Å². The summed E-state index contributed by atoms with van der Waals surface area (Å²) >= 11 is 0. The summed E-state index contributed by atoms with van der Waals surface area (Å²) in [4.78, 5) is 10.6. The van der Waals surface area contributed by atoms with Crippen LogP contribution in [0.3, 0.4) is 0 Å². The van der Waals surface area contributed by atoms with Crippen molar-refractivity contribution in [1.82, 2.24) is 0 Å². The van der Waals surface area contributed by atoms with Crippen molar-refractivity contribution < 1.29 is 9.53 Å². The minimum absolute atomic E-state index is 0.612. The van der Waals surface area contributed by atoms with E-state index in [9.17, 15) is 4.79 Å². The van der Waals surface area contributed by atoms with Crippen molar-refractivity contribution in [1.29, 1.82) is 5.26 Å². The maximum Gasteiger partial charge on any atom is 0.150 e. The molecule has 0 fully saturated rings. The van der Waals surface area contributed by atoms with Gasteiger partial charge in [-0.3, -0.25) is 4.79 Å². The fourth-order valence-electron chi connectivity index (χ4n) is 1.91. The molecule has 0 radical (unpaired) electrons. The van der Waals surface area contributed by atoms with Crippen molar-refractivity contribution in [3.05, 3.63) is 58.7 Å². The van der Waals surface area contributed by atoms with Crippen molar-refractivity contribution in [2.75, 3.05) is 0 Å². The lowest BCUT2D eigenvalue weighted by atomic mass is 10.1. The first-order valence-electron chi connectivity index (χ1n) is 5.88. The molecule has 0 saturated heterocycles. The Kier molecular flexibility index (Phi) is 3.63. The van der Waals surface area contributed by atoms with E-state index >= 15 is 0 Å². The Labute approximate surface area is 112 Å². The monoisotopic (exact) mass is 251 g/mol. The number of ether oxygens (including phenoxy) is 1. The summed E-state index contributed by atoms with van der Waals surface area (Å²) in [7, 11) is 0. The fourth-order valence-corrected chi connectivity index (χ4v) is 1.91. The van der Waals surface area contributed by atoms with E-state index < -0.39 is 0 Å². The molecule has 0 N–H and O–H groups in total. The number of hydrogen-bond acceptors (Lipinski definition) is 3. The van der Waals surface area contributed by atoms with Gasteiger partial charge in [0, 0.05) is 5.56 Å². The summed E-state index contributed by atoms with van der Waals surface area (Å²) in [5.74, 6) is 1.42. The lowest BCUT2D eigenvalue weighted by Crippen LogP contribution is -1.93. The molecule has 0 heterocycles. The zero-order valence-electron chi connectivity index (χ0n) is 10.8. The summed E-state index contributed by atoms with van der Waals surface area (Å²) in [6.45, 7) is 3.81. The highest BCUT2D eigenvalue weighted by atomic mass is 16.5. The molecule has 0 aliphatic carbocycles. The number of aldehydes is 1. The van der Waals surface area contributed by atoms with Crippen LogP contribution in [0.25, 0.3) is 0 Å². The summed E-state index contributed by atoms with van der Waals surface area (Å²) < 4.78 is 5.81. The lowest BCUT2D eigenvalue weighted by molar-refractivity contribution is 0.112. The molecule has 0 bridgehead atoms. The Balaban J connectivity index is 2.32. The zero-order valence-corrected chi connectivity index (χ0v) is 10.8. The first kappa shape index (κ1) is 12.8.